The number of rotatable bonds is 5. The average molecular weight is 312 g/mol. The van der Waals surface area contributed by atoms with Crippen LogP contribution in [-0.2, 0) is 4.74 Å². The molecule has 0 bridgehead atoms. The number of hydrogen-bond acceptors (Lipinski definition) is 5. The van der Waals surface area contributed by atoms with Crippen molar-refractivity contribution in [3.05, 3.63) is 22.4 Å². The Morgan fingerprint density at radius 2 is 2.29 bits per heavy atom. The van der Waals surface area contributed by atoms with Crippen LogP contribution in [0.5, 0.6) is 0 Å². The number of aliphatic hydroxyl groups is 1. The molecule has 1 amide bonds. The monoisotopic (exact) mass is 312 g/mol. The zero-order chi connectivity index (χ0) is 15.5. The van der Waals surface area contributed by atoms with E-state index >= 15 is 0 Å². The summed E-state index contributed by atoms with van der Waals surface area (Å²) < 4.78 is 5.59. The second-order valence-corrected chi connectivity index (χ2v) is 7.55. The summed E-state index contributed by atoms with van der Waals surface area (Å²) in [5, 5.41) is 18.3. The molecule has 3 N–H and O–H groups in total. The van der Waals surface area contributed by atoms with Gasteiger partial charge in [0, 0.05) is 13.1 Å². The van der Waals surface area contributed by atoms with Crippen LogP contribution < -0.4 is 10.6 Å². The number of carbonyl (C=O) groups is 1. The van der Waals surface area contributed by atoms with Crippen molar-refractivity contribution in [2.45, 2.75) is 39.0 Å². The van der Waals surface area contributed by atoms with E-state index in [2.05, 4.69) is 31.4 Å². The molecule has 1 aromatic rings. The predicted molar refractivity (Wildman–Crippen MR) is 83.6 cm³/mol. The Balaban J connectivity index is 1.76. The zero-order valence-corrected chi connectivity index (χ0v) is 13.6. The van der Waals surface area contributed by atoms with Crippen molar-refractivity contribution in [3.8, 4) is 0 Å². The number of hydrogen-bond donors (Lipinski definition) is 3. The molecule has 118 valence electrons. The fraction of sp³-hybridized carbons (Fsp3) is 0.667. The first kappa shape index (κ1) is 16.4. The van der Waals surface area contributed by atoms with Gasteiger partial charge in [0.25, 0.3) is 5.91 Å². The van der Waals surface area contributed by atoms with Gasteiger partial charge in [0.2, 0.25) is 0 Å². The molecule has 1 aliphatic heterocycles. The summed E-state index contributed by atoms with van der Waals surface area (Å²) in [7, 11) is 0. The lowest BCUT2D eigenvalue weighted by Gasteiger charge is -2.24. The zero-order valence-electron chi connectivity index (χ0n) is 12.8. The van der Waals surface area contributed by atoms with Crippen LogP contribution in [0.15, 0.2) is 17.5 Å². The van der Waals surface area contributed by atoms with Gasteiger partial charge in [0.05, 0.1) is 23.6 Å². The Kier molecular flexibility index (Phi) is 5.37. The van der Waals surface area contributed by atoms with Gasteiger partial charge in [0.1, 0.15) is 6.10 Å². The van der Waals surface area contributed by atoms with E-state index in [-0.39, 0.29) is 23.5 Å². The van der Waals surface area contributed by atoms with Gasteiger partial charge in [0.15, 0.2) is 0 Å². The van der Waals surface area contributed by atoms with E-state index in [0.717, 1.165) is 6.54 Å². The molecule has 3 atom stereocenters. The van der Waals surface area contributed by atoms with Crippen molar-refractivity contribution >= 4 is 17.2 Å². The highest BCUT2D eigenvalue weighted by atomic mass is 32.1. The Morgan fingerprint density at radius 1 is 1.52 bits per heavy atom. The molecule has 2 rings (SSSR count). The first-order valence-electron chi connectivity index (χ1n) is 7.21. The van der Waals surface area contributed by atoms with E-state index in [1.165, 1.54) is 11.3 Å². The van der Waals surface area contributed by atoms with Gasteiger partial charge in [-0.15, -0.1) is 11.3 Å². The first-order valence-corrected chi connectivity index (χ1v) is 8.09. The molecule has 0 aliphatic carbocycles. The molecule has 1 aliphatic rings. The van der Waals surface area contributed by atoms with Crippen LogP contribution in [0.2, 0.25) is 0 Å². The molecule has 0 radical (unpaired) electrons. The first-order chi connectivity index (χ1) is 9.87. The second-order valence-electron chi connectivity index (χ2n) is 6.60. The summed E-state index contributed by atoms with van der Waals surface area (Å²) in [5.41, 5.74) is 0.158. The second kappa shape index (κ2) is 6.87. The lowest BCUT2D eigenvalue weighted by atomic mass is 9.96. The van der Waals surface area contributed by atoms with Crippen LogP contribution >= 0.6 is 11.3 Å². The Bertz CT molecular complexity index is 456. The minimum absolute atomic E-state index is 0.0761. The maximum absolute atomic E-state index is 11.9. The topological polar surface area (TPSA) is 70.6 Å². The third kappa shape index (κ3) is 4.78. The Labute approximate surface area is 129 Å². The predicted octanol–water partition coefficient (Wildman–Crippen LogP) is 1.24. The summed E-state index contributed by atoms with van der Waals surface area (Å²) in [6.45, 7) is 8.03. The quantitative estimate of drug-likeness (QED) is 0.765. The normalized spacial score (nSPS) is 26.0. The van der Waals surface area contributed by atoms with Crippen LogP contribution in [0.4, 0.5) is 0 Å². The fourth-order valence-corrected chi connectivity index (χ4v) is 2.81. The summed E-state index contributed by atoms with van der Waals surface area (Å²) in [4.78, 5) is 12.5. The SMILES string of the molecule is CC(C)(C)CN[C@@H]1CO[C@H](CNC(=O)c2cccs2)[C@H]1O. The molecule has 0 saturated carbocycles. The van der Waals surface area contributed by atoms with Crippen molar-refractivity contribution in [2.24, 2.45) is 5.41 Å². The number of amides is 1. The van der Waals surface area contributed by atoms with E-state index in [1.54, 1.807) is 6.07 Å². The maximum atomic E-state index is 11.9. The summed E-state index contributed by atoms with van der Waals surface area (Å²) in [6, 6.07) is 3.54. The van der Waals surface area contributed by atoms with Gasteiger partial charge in [-0.2, -0.15) is 0 Å². The molecule has 0 aromatic carbocycles. The highest BCUT2D eigenvalue weighted by molar-refractivity contribution is 7.12. The van der Waals surface area contributed by atoms with Gasteiger partial charge in [-0.1, -0.05) is 26.8 Å². The van der Waals surface area contributed by atoms with Crippen molar-refractivity contribution in [1.29, 1.82) is 0 Å². The fourth-order valence-electron chi connectivity index (χ4n) is 2.17. The standard InChI is InChI=1S/C15H24N2O3S/c1-15(2,3)9-17-10-8-20-11(13(10)18)7-16-14(19)12-5-4-6-21-12/h4-6,10-11,13,17-18H,7-9H2,1-3H3,(H,16,19)/t10-,11-,13+/m1/s1. The van der Waals surface area contributed by atoms with Crippen LogP contribution in [0.3, 0.4) is 0 Å². The van der Waals surface area contributed by atoms with Gasteiger partial charge >= 0.3 is 0 Å². The number of thiophene rings is 1. The molecule has 1 saturated heterocycles. The number of aliphatic hydroxyl groups excluding tert-OH is 1. The molecule has 6 heteroatoms. The third-order valence-electron chi connectivity index (χ3n) is 3.39. The average Bonchev–Trinajstić information content (AvgIpc) is 3.03. The van der Waals surface area contributed by atoms with Gasteiger partial charge in [-0.05, 0) is 16.9 Å². The van der Waals surface area contributed by atoms with Crippen molar-refractivity contribution in [1.82, 2.24) is 10.6 Å². The van der Waals surface area contributed by atoms with E-state index in [9.17, 15) is 9.90 Å². The molecule has 0 spiro atoms. The number of nitrogens with one attached hydrogen (secondary N) is 2. The molecule has 0 unspecified atom stereocenters. The summed E-state index contributed by atoms with van der Waals surface area (Å²) >= 11 is 1.40. The molecule has 2 heterocycles. The van der Waals surface area contributed by atoms with E-state index < -0.39 is 6.10 Å². The van der Waals surface area contributed by atoms with E-state index in [4.69, 9.17) is 4.74 Å². The molecular weight excluding hydrogens is 288 g/mol. The van der Waals surface area contributed by atoms with Crippen LogP contribution in [0, 0.1) is 5.41 Å². The van der Waals surface area contributed by atoms with Crippen molar-refractivity contribution < 1.29 is 14.6 Å². The lowest BCUT2D eigenvalue weighted by Crippen LogP contribution is -2.46. The van der Waals surface area contributed by atoms with Gasteiger partial charge in [-0.3, -0.25) is 4.79 Å². The van der Waals surface area contributed by atoms with E-state index in [0.29, 0.717) is 18.0 Å². The third-order valence-corrected chi connectivity index (χ3v) is 4.26. The number of ether oxygens (including phenoxy) is 1. The summed E-state index contributed by atoms with van der Waals surface area (Å²) in [5.74, 6) is -0.119. The molecule has 1 fully saturated rings. The summed E-state index contributed by atoms with van der Waals surface area (Å²) in [6.07, 6.45) is -0.956. The van der Waals surface area contributed by atoms with Crippen LogP contribution in [0.25, 0.3) is 0 Å². The molecule has 21 heavy (non-hydrogen) atoms. The smallest absolute Gasteiger partial charge is 0.261 e. The lowest BCUT2D eigenvalue weighted by molar-refractivity contribution is 0.0397. The van der Waals surface area contributed by atoms with Gasteiger partial charge < -0.3 is 20.5 Å². The molecular formula is C15H24N2O3S. The Hall–Kier alpha value is -0.950. The largest absolute Gasteiger partial charge is 0.389 e. The van der Waals surface area contributed by atoms with E-state index in [1.807, 2.05) is 11.4 Å². The minimum Gasteiger partial charge on any atom is -0.389 e. The van der Waals surface area contributed by atoms with Crippen LogP contribution in [-0.4, -0.2) is 49.0 Å². The van der Waals surface area contributed by atoms with Crippen molar-refractivity contribution in [3.63, 3.8) is 0 Å². The van der Waals surface area contributed by atoms with Crippen LogP contribution in [0.1, 0.15) is 30.4 Å². The van der Waals surface area contributed by atoms with Gasteiger partial charge in [-0.25, -0.2) is 0 Å². The van der Waals surface area contributed by atoms with Crippen molar-refractivity contribution in [2.75, 3.05) is 19.7 Å². The highest BCUT2D eigenvalue weighted by Crippen LogP contribution is 2.17. The number of carbonyl (C=O) groups excluding carboxylic acids is 1. The highest BCUT2D eigenvalue weighted by Gasteiger charge is 2.36. The molecule has 1 aromatic heterocycles. The Morgan fingerprint density at radius 3 is 2.90 bits per heavy atom. The molecule has 5 nitrogen and oxygen atoms in total. The maximum Gasteiger partial charge on any atom is 0.261 e. The minimum atomic E-state index is -0.601.